The van der Waals surface area contributed by atoms with Crippen molar-refractivity contribution < 1.29 is 9.90 Å². The SMILES string of the molecule is CCC(CNCC1CCCCC1)C(=O)O. The summed E-state index contributed by atoms with van der Waals surface area (Å²) in [6.07, 6.45) is 7.43. The molecule has 0 aromatic carbocycles. The fourth-order valence-corrected chi connectivity index (χ4v) is 2.26. The van der Waals surface area contributed by atoms with Gasteiger partial charge in [0.1, 0.15) is 0 Å². The summed E-state index contributed by atoms with van der Waals surface area (Å²) < 4.78 is 0. The zero-order valence-electron chi connectivity index (χ0n) is 9.67. The lowest BCUT2D eigenvalue weighted by Crippen LogP contribution is -2.32. The number of hydrogen-bond donors (Lipinski definition) is 2. The van der Waals surface area contributed by atoms with Gasteiger partial charge in [-0.3, -0.25) is 4.79 Å². The number of carboxylic acids is 1. The van der Waals surface area contributed by atoms with Crippen LogP contribution in [0.4, 0.5) is 0 Å². The highest BCUT2D eigenvalue weighted by Gasteiger charge is 2.16. The van der Waals surface area contributed by atoms with E-state index in [4.69, 9.17) is 5.11 Å². The van der Waals surface area contributed by atoms with Gasteiger partial charge >= 0.3 is 5.97 Å². The summed E-state index contributed by atoms with van der Waals surface area (Å²) in [6, 6.07) is 0. The zero-order valence-corrected chi connectivity index (χ0v) is 9.67. The Morgan fingerprint density at radius 1 is 1.40 bits per heavy atom. The van der Waals surface area contributed by atoms with Crippen molar-refractivity contribution in [3.05, 3.63) is 0 Å². The van der Waals surface area contributed by atoms with E-state index >= 15 is 0 Å². The van der Waals surface area contributed by atoms with Gasteiger partial charge < -0.3 is 10.4 Å². The minimum atomic E-state index is -0.673. The second-order valence-electron chi connectivity index (χ2n) is 4.61. The molecule has 1 aliphatic rings. The van der Waals surface area contributed by atoms with Crippen LogP contribution in [0.3, 0.4) is 0 Å². The quantitative estimate of drug-likeness (QED) is 0.711. The zero-order chi connectivity index (χ0) is 11.1. The van der Waals surface area contributed by atoms with E-state index in [1.165, 1.54) is 32.1 Å². The number of carbonyl (C=O) groups is 1. The molecule has 0 saturated heterocycles. The first kappa shape index (κ1) is 12.5. The van der Waals surface area contributed by atoms with Crippen LogP contribution in [-0.2, 0) is 4.79 Å². The van der Waals surface area contributed by atoms with E-state index in [2.05, 4.69) is 5.32 Å². The van der Waals surface area contributed by atoms with Crippen molar-refractivity contribution >= 4 is 5.97 Å². The van der Waals surface area contributed by atoms with E-state index < -0.39 is 5.97 Å². The van der Waals surface area contributed by atoms with Gasteiger partial charge in [-0.15, -0.1) is 0 Å². The molecule has 1 fully saturated rings. The van der Waals surface area contributed by atoms with Gasteiger partial charge in [-0.1, -0.05) is 26.2 Å². The highest BCUT2D eigenvalue weighted by molar-refractivity contribution is 5.70. The van der Waals surface area contributed by atoms with Crippen molar-refractivity contribution in [2.75, 3.05) is 13.1 Å². The van der Waals surface area contributed by atoms with Gasteiger partial charge in [0.2, 0.25) is 0 Å². The lowest BCUT2D eigenvalue weighted by molar-refractivity contribution is -0.141. The average Bonchev–Trinajstić information content (AvgIpc) is 2.25. The summed E-state index contributed by atoms with van der Waals surface area (Å²) in [5.74, 6) is -0.104. The molecule has 88 valence electrons. The van der Waals surface area contributed by atoms with Crippen molar-refractivity contribution in [3.63, 3.8) is 0 Å². The fourth-order valence-electron chi connectivity index (χ4n) is 2.26. The summed E-state index contributed by atoms with van der Waals surface area (Å²) in [5.41, 5.74) is 0. The van der Waals surface area contributed by atoms with E-state index in [1.807, 2.05) is 6.92 Å². The number of nitrogens with one attached hydrogen (secondary N) is 1. The molecule has 0 spiro atoms. The second kappa shape index (κ2) is 6.83. The summed E-state index contributed by atoms with van der Waals surface area (Å²) in [6.45, 7) is 3.56. The van der Waals surface area contributed by atoms with Crippen LogP contribution < -0.4 is 5.32 Å². The first-order valence-corrected chi connectivity index (χ1v) is 6.17. The first-order chi connectivity index (χ1) is 7.24. The van der Waals surface area contributed by atoms with Crippen molar-refractivity contribution in [3.8, 4) is 0 Å². The Bertz CT molecular complexity index is 188. The van der Waals surface area contributed by atoms with E-state index in [0.29, 0.717) is 13.0 Å². The molecular formula is C12H23NO2. The molecular weight excluding hydrogens is 190 g/mol. The molecule has 1 saturated carbocycles. The van der Waals surface area contributed by atoms with Crippen molar-refractivity contribution in [2.45, 2.75) is 45.4 Å². The molecule has 0 aromatic rings. The predicted molar refractivity (Wildman–Crippen MR) is 60.9 cm³/mol. The molecule has 1 unspecified atom stereocenters. The largest absolute Gasteiger partial charge is 0.481 e. The first-order valence-electron chi connectivity index (χ1n) is 6.17. The monoisotopic (exact) mass is 213 g/mol. The maximum Gasteiger partial charge on any atom is 0.307 e. The van der Waals surface area contributed by atoms with Crippen LogP contribution in [0.25, 0.3) is 0 Å². The lowest BCUT2D eigenvalue weighted by Gasteiger charge is -2.22. The van der Waals surface area contributed by atoms with Crippen LogP contribution in [0.5, 0.6) is 0 Å². The summed E-state index contributed by atoms with van der Waals surface area (Å²) in [7, 11) is 0. The van der Waals surface area contributed by atoms with E-state index in [-0.39, 0.29) is 5.92 Å². The van der Waals surface area contributed by atoms with Gasteiger partial charge in [0.05, 0.1) is 5.92 Å². The maximum absolute atomic E-state index is 10.8. The topological polar surface area (TPSA) is 49.3 Å². The third-order valence-corrected chi connectivity index (χ3v) is 3.39. The Morgan fingerprint density at radius 3 is 2.60 bits per heavy atom. The summed E-state index contributed by atoms with van der Waals surface area (Å²) >= 11 is 0. The lowest BCUT2D eigenvalue weighted by atomic mass is 9.89. The molecule has 0 radical (unpaired) electrons. The van der Waals surface area contributed by atoms with Crippen LogP contribution in [-0.4, -0.2) is 24.2 Å². The third kappa shape index (κ3) is 4.65. The Labute approximate surface area is 92.3 Å². The second-order valence-corrected chi connectivity index (χ2v) is 4.61. The number of aliphatic carboxylic acids is 1. The van der Waals surface area contributed by atoms with E-state index in [1.54, 1.807) is 0 Å². The molecule has 1 rings (SSSR count). The van der Waals surface area contributed by atoms with Crippen LogP contribution >= 0.6 is 0 Å². The molecule has 0 amide bonds. The van der Waals surface area contributed by atoms with Crippen LogP contribution in [0, 0.1) is 11.8 Å². The van der Waals surface area contributed by atoms with Gasteiger partial charge in [-0.2, -0.15) is 0 Å². The van der Waals surface area contributed by atoms with Crippen LogP contribution in [0.2, 0.25) is 0 Å². The molecule has 2 N–H and O–H groups in total. The highest BCUT2D eigenvalue weighted by Crippen LogP contribution is 2.22. The standard InChI is InChI=1S/C12H23NO2/c1-2-11(12(14)15)9-13-8-10-6-4-3-5-7-10/h10-11,13H,2-9H2,1H3,(H,14,15). The Balaban J connectivity index is 2.11. The Kier molecular flexibility index (Phi) is 5.69. The number of hydrogen-bond acceptors (Lipinski definition) is 2. The molecule has 3 nitrogen and oxygen atoms in total. The minimum absolute atomic E-state index is 0.214. The Morgan fingerprint density at radius 2 is 2.07 bits per heavy atom. The smallest absolute Gasteiger partial charge is 0.307 e. The van der Waals surface area contributed by atoms with Gasteiger partial charge in [0.25, 0.3) is 0 Å². The molecule has 0 heterocycles. The molecule has 1 aliphatic carbocycles. The van der Waals surface area contributed by atoms with Crippen molar-refractivity contribution in [1.29, 1.82) is 0 Å². The van der Waals surface area contributed by atoms with Gasteiger partial charge in [-0.05, 0) is 31.7 Å². The van der Waals surface area contributed by atoms with Gasteiger partial charge in [0.15, 0.2) is 0 Å². The Hall–Kier alpha value is -0.570. The molecule has 3 heteroatoms. The third-order valence-electron chi connectivity index (χ3n) is 3.39. The number of rotatable bonds is 6. The van der Waals surface area contributed by atoms with E-state index in [0.717, 1.165) is 12.5 Å². The summed E-state index contributed by atoms with van der Waals surface area (Å²) in [4.78, 5) is 10.8. The van der Waals surface area contributed by atoms with Crippen LogP contribution in [0.15, 0.2) is 0 Å². The number of carboxylic acid groups (broad SMARTS) is 1. The molecule has 0 aromatic heterocycles. The van der Waals surface area contributed by atoms with Crippen molar-refractivity contribution in [1.82, 2.24) is 5.32 Å². The fraction of sp³-hybridized carbons (Fsp3) is 0.917. The molecule has 1 atom stereocenters. The van der Waals surface area contributed by atoms with Gasteiger partial charge in [-0.25, -0.2) is 0 Å². The van der Waals surface area contributed by atoms with Crippen molar-refractivity contribution in [2.24, 2.45) is 11.8 Å². The van der Waals surface area contributed by atoms with Crippen LogP contribution in [0.1, 0.15) is 45.4 Å². The minimum Gasteiger partial charge on any atom is -0.481 e. The average molecular weight is 213 g/mol. The molecule has 0 aliphatic heterocycles. The summed E-state index contributed by atoms with van der Waals surface area (Å²) in [5, 5.41) is 12.2. The van der Waals surface area contributed by atoms with E-state index in [9.17, 15) is 4.79 Å². The molecule has 0 bridgehead atoms. The predicted octanol–water partition coefficient (Wildman–Crippen LogP) is 2.27. The molecule has 15 heavy (non-hydrogen) atoms. The normalized spacial score (nSPS) is 20.1. The van der Waals surface area contributed by atoms with Gasteiger partial charge in [0, 0.05) is 6.54 Å². The highest BCUT2D eigenvalue weighted by atomic mass is 16.4. The maximum atomic E-state index is 10.8.